The Hall–Kier alpha value is -3.12. The van der Waals surface area contributed by atoms with Crippen molar-refractivity contribution in [1.82, 2.24) is 0 Å². The van der Waals surface area contributed by atoms with Crippen LogP contribution in [0.4, 0.5) is 5.69 Å². The van der Waals surface area contributed by atoms with Gasteiger partial charge in [-0.3, -0.25) is 9.59 Å². The SMILES string of the molecule is COc1ccc(CCCC(=O)C(=O)Nc2ccc(OCc3ccc(Br)cc3)cc2)cc1. The summed E-state index contributed by atoms with van der Waals surface area (Å²) < 4.78 is 11.9. The summed E-state index contributed by atoms with van der Waals surface area (Å²) in [6.07, 6.45) is 1.54. The zero-order valence-corrected chi connectivity index (χ0v) is 18.9. The monoisotopic (exact) mass is 481 g/mol. The predicted molar refractivity (Wildman–Crippen MR) is 124 cm³/mol. The maximum Gasteiger partial charge on any atom is 0.291 e. The van der Waals surface area contributed by atoms with Crippen molar-refractivity contribution >= 4 is 33.3 Å². The first-order valence-electron chi connectivity index (χ1n) is 9.98. The van der Waals surface area contributed by atoms with E-state index in [0.29, 0.717) is 24.5 Å². The first-order valence-corrected chi connectivity index (χ1v) is 10.8. The molecule has 5 nitrogen and oxygen atoms in total. The van der Waals surface area contributed by atoms with Crippen molar-refractivity contribution in [2.24, 2.45) is 0 Å². The number of benzene rings is 3. The Morgan fingerprint density at radius 2 is 1.45 bits per heavy atom. The van der Waals surface area contributed by atoms with Gasteiger partial charge in [0.1, 0.15) is 18.1 Å². The highest BCUT2D eigenvalue weighted by Gasteiger charge is 2.13. The Morgan fingerprint density at radius 1 is 0.839 bits per heavy atom. The van der Waals surface area contributed by atoms with Gasteiger partial charge in [0.25, 0.3) is 5.91 Å². The van der Waals surface area contributed by atoms with E-state index in [4.69, 9.17) is 9.47 Å². The smallest absolute Gasteiger partial charge is 0.291 e. The van der Waals surface area contributed by atoms with Crippen LogP contribution in [-0.2, 0) is 22.6 Å². The largest absolute Gasteiger partial charge is 0.497 e. The summed E-state index contributed by atoms with van der Waals surface area (Å²) in [4.78, 5) is 24.3. The molecule has 0 aromatic heterocycles. The van der Waals surface area contributed by atoms with Crippen molar-refractivity contribution in [1.29, 1.82) is 0 Å². The molecule has 0 radical (unpaired) electrons. The number of halogens is 1. The zero-order valence-electron chi connectivity index (χ0n) is 17.3. The molecule has 0 aliphatic heterocycles. The summed E-state index contributed by atoms with van der Waals surface area (Å²) in [6, 6.07) is 22.6. The molecule has 160 valence electrons. The number of nitrogens with one attached hydrogen (secondary N) is 1. The number of ketones is 1. The van der Waals surface area contributed by atoms with E-state index >= 15 is 0 Å². The summed E-state index contributed by atoms with van der Waals surface area (Å²) in [6.45, 7) is 0.450. The van der Waals surface area contributed by atoms with E-state index in [9.17, 15) is 9.59 Å². The molecule has 0 heterocycles. The van der Waals surface area contributed by atoms with Gasteiger partial charge in [0.15, 0.2) is 0 Å². The Labute approximate surface area is 190 Å². The number of amides is 1. The molecule has 0 spiro atoms. The molecule has 3 rings (SSSR count). The minimum absolute atomic E-state index is 0.201. The van der Waals surface area contributed by atoms with Gasteiger partial charge in [0.2, 0.25) is 5.78 Å². The summed E-state index contributed by atoms with van der Waals surface area (Å²) >= 11 is 3.40. The molecule has 3 aromatic carbocycles. The number of anilines is 1. The molecule has 31 heavy (non-hydrogen) atoms. The Kier molecular flexibility index (Phi) is 8.24. The molecule has 3 aromatic rings. The van der Waals surface area contributed by atoms with Crippen LogP contribution in [0.5, 0.6) is 11.5 Å². The number of carbonyl (C=O) groups is 2. The first-order chi connectivity index (χ1) is 15.0. The zero-order chi connectivity index (χ0) is 22.1. The number of carbonyl (C=O) groups excluding carboxylic acids is 2. The Balaban J connectivity index is 1.41. The molecule has 0 saturated carbocycles. The van der Waals surface area contributed by atoms with E-state index in [2.05, 4.69) is 21.2 Å². The molecule has 0 aliphatic rings. The maximum atomic E-state index is 12.1. The van der Waals surface area contributed by atoms with Gasteiger partial charge in [0.05, 0.1) is 7.11 Å². The van der Waals surface area contributed by atoms with Crippen LogP contribution < -0.4 is 14.8 Å². The number of Topliss-reactive ketones (excluding diaryl/α,β-unsaturated/α-hetero) is 1. The topological polar surface area (TPSA) is 64.6 Å². The highest BCUT2D eigenvalue weighted by atomic mass is 79.9. The maximum absolute atomic E-state index is 12.1. The Morgan fingerprint density at radius 3 is 2.10 bits per heavy atom. The molecule has 1 amide bonds. The predicted octanol–water partition coefficient (Wildman–Crippen LogP) is 5.57. The molecule has 6 heteroatoms. The number of rotatable bonds is 10. The van der Waals surface area contributed by atoms with E-state index in [1.165, 1.54) is 0 Å². The van der Waals surface area contributed by atoms with E-state index in [-0.39, 0.29) is 6.42 Å². The minimum atomic E-state index is -0.599. The quantitative estimate of drug-likeness (QED) is 0.384. The molecular weight excluding hydrogens is 458 g/mol. The second-order valence-electron chi connectivity index (χ2n) is 7.02. The van der Waals surface area contributed by atoms with Crippen molar-refractivity contribution < 1.29 is 19.1 Å². The summed E-state index contributed by atoms with van der Waals surface area (Å²) in [7, 11) is 1.62. The summed E-state index contributed by atoms with van der Waals surface area (Å²) in [5.41, 5.74) is 2.72. The van der Waals surface area contributed by atoms with Gasteiger partial charge in [0, 0.05) is 16.6 Å². The standard InChI is InChI=1S/C25H24BrNO4/c1-30-22-13-7-18(8-14-22)3-2-4-24(28)25(29)27-21-11-15-23(16-12-21)31-17-19-5-9-20(26)10-6-19/h5-16H,2-4,17H2,1H3,(H,27,29). The van der Waals surface area contributed by atoms with Crippen LogP contribution in [0.2, 0.25) is 0 Å². The van der Waals surface area contributed by atoms with E-state index in [1.807, 2.05) is 48.5 Å². The Bertz CT molecular complexity index is 999. The first kappa shape index (κ1) is 22.6. The lowest BCUT2D eigenvalue weighted by Crippen LogP contribution is -2.22. The van der Waals surface area contributed by atoms with Gasteiger partial charge in [-0.05, 0) is 72.5 Å². The average Bonchev–Trinajstić information content (AvgIpc) is 2.80. The van der Waals surface area contributed by atoms with Crippen molar-refractivity contribution in [2.45, 2.75) is 25.9 Å². The fraction of sp³-hybridized carbons (Fsp3) is 0.200. The van der Waals surface area contributed by atoms with Gasteiger partial charge >= 0.3 is 0 Å². The molecular formula is C25H24BrNO4. The highest BCUT2D eigenvalue weighted by molar-refractivity contribution is 9.10. The normalized spacial score (nSPS) is 10.4. The van der Waals surface area contributed by atoms with Gasteiger partial charge in [-0.1, -0.05) is 40.2 Å². The molecule has 0 unspecified atom stereocenters. The lowest BCUT2D eigenvalue weighted by molar-refractivity contribution is -0.134. The lowest BCUT2D eigenvalue weighted by atomic mass is 10.1. The fourth-order valence-corrected chi connectivity index (χ4v) is 3.21. The summed E-state index contributed by atoms with van der Waals surface area (Å²) in [5, 5.41) is 2.65. The van der Waals surface area contributed by atoms with E-state index < -0.39 is 11.7 Å². The molecule has 0 saturated heterocycles. The lowest BCUT2D eigenvalue weighted by Gasteiger charge is -2.08. The minimum Gasteiger partial charge on any atom is -0.497 e. The van der Waals surface area contributed by atoms with Gasteiger partial charge < -0.3 is 14.8 Å². The highest BCUT2D eigenvalue weighted by Crippen LogP contribution is 2.18. The second kappa shape index (κ2) is 11.3. The molecule has 0 atom stereocenters. The van der Waals surface area contributed by atoms with Crippen LogP contribution in [0.15, 0.2) is 77.3 Å². The van der Waals surface area contributed by atoms with E-state index in [0.717, 1.165) is 27.8 Å². The van der Waals surface area contributed by atoms with Crippen molar-refractivity contribution in [3.63, 3.8) is 0 Å². The third-order valence-electron chi connectivity index (χ3n) is 4.71. The number of hydrogen-bond acceptors (Lipinski definition) is 4. The molecule has 0 bridgehead atoms. The summed E-state index contributed by atoms with van der Waals surface area (Å²) in [5.74, 6) is 0.456. The van der Waals surface area contributed by atoms with Gasteiger partial charge in [-0.15, -0.1) is 0 Å². The number of hydrogen-bond donors (Lipinski definition) is 1. The third-order valence-corrected chi connectivity index (χ3v) is 5.24. The van der Waals surface area contributed by atoms with Crippen LogP contribution >= 0.6 is 15.9 Å². The van der Waals surface area contributed by atoms with E-state index in [1.54, 1.807) is 31.4 Å². The van der Waals surface area contributed by atoms with Gasteiger partial charge in [-0.25, -0.2) is 0 Å². The molecule has 0 aliphatic carbocycles. The second-order valence-corrected chi connectivity index (χ2v) is 7.93. The average molecular weight is 482 g/mol. The van der Waals surface area contributed by atoms with Crippen LogP contribution in [0.25, 0.3) is 0 Å². The third kappa shape index (κ3) is 7.26. The number of ether oxygens (including phenoxy) is 2. The van der Waals surface area contributed by atoms with Crippen LogP contribution in [0.3, 0.4) is 0 Å². The van der Waals surface area contributed by atoms with Crippen molar-refractivity contribution in [3.05, 3.63) is 88.4 Å². The molecule has 1 N–H and O–H groups in total. The van der Waals surface area contributed by atoms with Crippen LogP contribution in [0, 0.1) is 0 Å². The molecule has 0 fully saturated rings. The number of aryl methyl sites for hydroxylation is 1. The van der Waals surface area contributed by atoms with Crippen molar-refractivity contribution in [2.75, 3.05) is 12.4 Å². The van der Waals surface area contributed by atoms with Crippen LogP contribution in [-0.4, -0.2) is 18.8 Å². The number of methoxy groups -OCH3 is 1. The van der Waals surface area contributed by atoms with Gasteiger partial charge in [-0.2, -0.15) is 0 Å². The van der Waals surface area contributed by atoms with Crippen molar-refractivity contribution in [3.8, 4) is 11.5 Å². The van der Waals surface area contributed by atoms with Crippen LogP contribution in [0.1, 0.15) is 24.0 Å². The fourth-order valence-electron chi connectivity index (χ4n) is 2.94.